The second kappa shape index (κ2) is 7.95. The van der Waals surface area contributed by atoms with Gasteiger partial charge in [0.05, 0.1) is 5.69 Å². The molecule has 0 saturated carbocycles. The summed E-state index contributed by atoms with van der Waals surface area (Å²) in [6.07, 6.45) is 2.02. The zero-order valence-electron chi connectivity index (χ0n) is 13.9. The number of rotatable bonds is 7. The second-order valence-corrected chi connectivity index (χ2v) is 5.74. The van der Waals surface area contributed by atoms with Crippen molar-refractivity contribution in [1.29, 1.82) is 0 Å². The van der Waals surface area contributed by atoms with E-state index in [1.807, 2.05) is 10.6 Å². The van der Waals surface area contributed by atoms with Gasteiger partial charge in [0.1, 0.15) is 0 Å². The Morgan fingerprint density at radius 2 is 1.73 bits per heavy atom. The van der Waals surface area contributed by atoms with Crippen LogP contribution in [0.5, 0.6) is 0 Å². The summed E-state index contributed by atoms with van der Waals surface area (Å²) in [4.78, 5) is 12.7. The van der Waals surface area contributed by atoms with Crippen molar-refractivity contribution in [1.82, 2.24) is 9.88 Å². The molecule has 0 atom stereocenters. The fourth-order valence-electron chi connectivity index (χ4n) is 2.58. The molecule has 1 N–H and O–H groups in total. The fraction of sp³-hybridized carbons (Fsp3) is 0.421. The van der Waals surface area contributed by atoms with Crippen LogP contribution in [0.2, 0.25) is 0 Å². The average molecular weight is 298 g/mol. The normalized spacial score (nSPS) is 10.9. The van der Waals surface area contributed by atoms with Crippen molar-refractivity contribution in [2.24, 2.45) is 0 Å². The molecular formula is C19H26N2O. The average Bonchev–Trinajstić information content (AvgIpc) is 2.52. The summed E-state index contributed by atoms with van der Waals surface area (Å²) in [5.74, 6) is 0. The van der Waals surface area contributed by atoms with Crippen LogP contribution in [0.3, 0.4) is 0 Å². The Hall–Kier alpha value is -1.87. The third-order valence-corrected chi connectivity index (χ3v) is 3.79. The van der Waals surface area contributed by atoms with Gasteiger partial charge in [-0.05, 0) is 37.9 Å². The molecule has 0 unspecified atom stereocenters. The first-order valence-corrected chi connectivity index (χ1v) is 8.17. The highest BCUT2D eigenvalue weighted by Gasteiger charge is 2.09. The Kier molecular flexibility index (Phi) is 5.96. The summed E-state index contributed by atoms with van der Waals surface area (Å²) >= 11 is 0. The molecular weight excluding hydrogens is 272 g/mol. The Bertz CT molecular complexity index is 656. The molecule has 118 valence electrons. The number of pyridine rings is 1. The van der Waals surface area contributed by atoms with Gasteiger partial charge in [-0.15, -0.1) is 0 Å². The van der Waals surface area contributed by atoms with Crippen LogP contribution < -0.4 is 10.9 Å². The molecule has 0 aliphatic heterocycles. The molecule has 0 radical (unpaired) electrons. The van der Waals surface area contributed by atoms with Crippen molar-refractivity contribution in [3.05, 3.63) is 57.9 Å². The number of hydrogen-bond donors (Lipinski definition) is 1. The lowest BCUT2D eigenvalue weighted by atomic mass is 10.1. The molecule has 0 saturated heterocycles. The Morgan fingerprint density at radius 3 is 2.36 bits per heavy atom. The number of benzene rings is 1. The molecule has 0 aliphatic rings. The predicted octanol–water partition coefficient (Wildman–Crippen LogP) is 3.73. The van der Waals surface area contributed by atoms with Gasteiger partial charge in [-0.1, -0.05) is 49.7 Å². The smallest absolute Gasteiger partial charge is 0.255 e. The lowest BCUT2D eigenvalue weighted by Crippen LogP contribution is -2.28. The minimum Gasteiger partial charge on any atom is -0.312 e. The highest BCUT2D eigenvalue weighted by atomic mass is 16.1. The Labute approximate surface area is 133 Å². The number of nitrogens with zero attached hydrogens (tertiary/aromatic N) is 1. The van der Waals surface area contributed by atoms with E-state index in [9.17, 15) is 4.79 Å². The topological polar surface area (TPSA) is 34.0 Å². The lowest BCUT2D eigenvalue weighted by Gasteiger charge is -2.15. The number of nitrogens with one attached hydrogen (secondary N) is 1. The van der Waals surface area contributed by atoms with E-state index in [-0.39, 0.29) is 5.56 Å². The number of aryl methyl sites for hydroxylation is 1. The Balaban J connectivity index is 2.40. The Morgan fingerprint density at radius 1 is 1.00 bits per heavy atom. The van der Waals surface area contributed by atoms with E-state index in [0.717, 1.165) is 42.8 Å². The van der Waals surface area contributed by atoms with E-state index < -0.39 is 0 Å². The van der Waals surface area contributed by atoms with Gasteiger partial charge in [-0.2, -0.15) is 0 Å². The molecule has 2 aromatic rings. The third-order valence-electron chi connectivity index (χ3n) is 3.79. The van der Waals surface area contributed by atoms with Crippen LogP contribution in [-0.4, -0.2) is 11.1 Å². The van der Waals surface area contributed by atoms with Crippen LogP contribution in [0.15, 0.2) is 41.2 Å². The molecule has 3 nitrogen and oxygen atoms in total. The molecule has 0 bridgehead atoms. The number of hydrogen-bond acceptors (Lipinski definition) is 2. The van der Waals surface area contributed by atoms with Gasteiger partial charge in [0.25, 0.3) is 5.56 Å². The summed E-state index contributed by atoms with van der Waals surface area (Å²) in [7, 11) is 0. The first-order valence-electron chi connectivity index (χ1n) is 8.17. The molecule has 0 aliphatic carbocycles. The maximum atomic E-state index is 12.7. The summed E-state index contributed by atoms with van der Waals surface area (Å²) in [5, 5.41) is 3.31. The molecule has 2 rings (SSSR count). The molecule has 1 heterocycles. The van der Waals surface area contributed by atoms with Crippen LogP contribution in [-0.2, 0) is 13.1 Å². The second-order valence-electron chi connectivity index (χ2n) is 5.74. The summed E-state index contributed by atoms with van der Waals surface area (Å²) < 4.78 is 1.91. The van der Waals surface area contributed by atoms with E-state index in [1.165, 1.54) is 5.56 Å². The quantitative estimate of drug-likeness (QED) is 0.790. The van der Waals surface area contributed by atoms with E-state index in [4.69, 9.17) is 0 Å². The number of aromatic nitrogens is 1. The summed E-state index contributed by atoms with van der Waals surface area (Å²) in [6.45, 7) is 8.64. The molecule has 22 heavy (non-hydrogen) atoms. The largest absolute Gasteiger partial charge is 0.312 e. The van der Waals surface area contributed by atoms with Crippen LogP contribution in [0.1, 0.15) is 37.8 Å². The van der Waals surface area contributed by atoms with Gasteiger partial charge < -0.3 is 9.88 Å². The van der Waals surface area contributed by atoms with Gasteiger partial charge in [-0.25, -0.2) is 0 Å². The van der Waals surface area contributed by atoms with Crippen LogP contribution >= 0.6 is 0 Å². The highest BCUT2D eigenvalue weighted by molar-refractivity contribution is 5.60. The van der Waals surface area contributed by atoms with E-state index in [1.54, 1.807) is 0 Å². The summed E-state index contributed by atoms with van der Waals surface area (Å²) in [6, 6.07) is 12.4. The minimum atomic E-state index is 0.128. The molecule has 0 fully saturated rings. The molecule has 3 heteroatoms. The lowest BCUT2D eigenvalue weighted by molar-refractivity contribution is 0.630. The van der Waals surface area contributed by atoms with Crippen molar-refractivity contribution >= 4 is 0 Å². The van der Waals surface area contributed by atoms with Crippen molar-refractivity contribution in [2.45, 2.75) is 46.7 Å². The van der Waals surface area contributed by atoms with E-state index in [0.29, 0.717) is 6.54 Å². The van der Waals surface area contributed by atoms with Gasteiger partial charge >= 0.3 is 0 Å². The van der Waals surface area contributed by atoms with Crippen LogP contribution in [0.25, 0.3) is 11.3 Å². The van der Waals surface area contributed by atoms with Crippen molar-refractivity contribution in [3.63, 3.8) is 0 Å². The predicted molar refractivity (Wildman–Crippen MR) is 93.2 cm³/mol. The zero-order chi connectivity index (χ0) is 15.9. The van der Waals surface area contributed by atoms with Gasteiger partial charge in [0.2, 0.25) is 0 Å². The zero-order valence-corrected chi connectivity index (χ0v) is 13.9. The van der Waals surface area contributed by atoms with Gasteiger partial charge in [0.15, 0.2) is 0 Å². The maximum Gasteiger partial charge on any atom is 0.255 e. The molecule has 1 aromatic heterocycles. The molecule has 1 aromatic carbocycles. The minimum absolute atomic E-state index is 0.128. The SMILES string of the molecule is CCCNCc1ccc(-c2ccc(C)cc2)n(CCC)c1=O. The highest BCUT2D eigenvalue weighted by Crippen LogP contribution is 2.19. The molecule has 0 spiro atoms. The van der Waals surface area contributed by atoms with Crippen LogP contribution in [0, 0.1) is 6.92 Å². The maximum absolute atomic E-state index is 12.7. The first-order chi connectivity index (χ1) is 10.7. The fourth-order valence-corrected chi connectivity index (χ4v) is 2.58. The van der Waals surface area contributed by atoms with Crippen molar-refractivity contribution in [2.75, 3.05) is 6.54 Å². The van der Waals surface area contributed by atoms with E-state index in [2.05, 4.69) is 56.4 Å². The standard InChI is InChI=1S/C19H26N2O/c1-4-12-20-14-17-10-11-18(21(13-5-2)19(17)22)16-8-6-15(3)7-9-16/h6-11,20H,4-5,12-14H2,1-3H3. The van der Waals surface area contributed by atoms with Crippen LogP contribution in [0.4, 0.5) is 0 Å². The third kappa shape index (κ3) is 3.86. The molecule has 0 amide bonds. The van der Waals surface area contributed by atoms with Crippen molar-refractivity contribution in [3.8, 4) is 11.3 Å². The van der Waals surface area contributed by atoms with Crippen molar-refractivity contribution < 1.29 is 0 Å². The summed E-state index contributed by atoms with van der Waals surface area (Å²) in [5.41, 5.74) is 4.31. The van der Waals surface area contributed by atoms with Gasteiger partial charge in [0, 0.05) is 18.7 Å². The van der Waals surface area contributed by atoms with E-state index >= 15 is 0 Å². The monoisotopic (exact) mass is 298 g/mol. The van der Waals surface area contributed by atoms with Gasteiger partial charge in [-0.3, -0.25) is 4.79 Å². The first kappa shape index (κ1) is 16.5.